The molecular formula is C24H22O. The van der Waals surface area contributed by atoms with Crippen molar-refractivity contribution in [3.63, 3.8) is 0 Å². The monoisotopic (exact) mass is 326 g/mol. The van der Waals surface area contributed by atoms with Gasteiger partial charge in [0.25, 0.3) is 0 Å². The van der Waals surface area contributed by atoms with Crippen LogP contribution in [0, 0.1) is 6.92 Å². The Morgan fingerprint density at radius 1 is 1.08 bits per heavy atom. The van der Waals surface area contributed by atoms with E-state index in [1.807, 2.05) is 12.1 Å². The lowest BCUT2D eigenvalue weighted by Gasteiger charge is -2.39. The summed E-state index contributed by atoms with van der Waals surface area (Å²) in [6.07, 6.45) is 7.11. The molecule has 2 aromatic rings. The lowest BCUT2D eigenvalue weighted by Crippen LogP contribution is -2.31. The third-order valence-corrected chi connectivity index (χ3v) is 5.31. The van der Waals surface area contributed by atoms with Crippen molar-refractivity contribution in [2.75, 3.05) is 0 Å². The summed E-state index contributed by atoms with van der Waals surface area (Å²) in [4.78, 5) is 0. The molecule has 2 aliphatic rings. The van der Waals surface area contributed by atoms with E-state index in [4.69, 9.17) is 4.74 Å². The Bertz CT molecular complexity index is 958. The molecule has 124 valence electrons. The van der Waals surface area contributed by atoms with Crippen LogP contribution in [0.3, 0.4) is 0 Å². The molecule has 0 amide bonds. The van der Waals surface area contributed by atoms with Crippen molar-refractivity contribution in [2.45, 2.75) is 25.7 Å². The highest BCUT2D eigenvalue weighted by molar-refractivity contribution is 5.71. The highest BCUT2D eigenvalue weighted by Gasteiger charge is 2.48. The van der Waals surface area contributed by atoms with Gasteiger partial charge in [-0.25, -0.2) is 0 Å². The van der Waals surface area contributed by atoms with Crippen molar-refractivity contribution in [2.24, 2.45) is 0 Å². The number of hydrogen-bond acceptors (Lipinski definition) is 1. The number of rotatable bonds is 2. The fourth-order valence-electron chi connectivity index (χ4n) is 4.30. The summed E-state index contributed by atoms with van der Waals surface area (Å²) in [6, 6.07) is 14.9. The second-order valence-electron chi connectivity index (χ2n) is 6.81. The fraction of sp³-hybridized carbons (Fsp3) is 0.167. The first kappa shape index (κ1) is 15.7. The highest BCUT2D eigenvalue weighted by atomic mass is 16.5. The Morgan fingerprint density at radius 3 is 2.60 bits per heavy atom. The van der Waals surface area contributed by atoms with Gasteiger partial charge in [-0.2, -0.15) is 0 Å². The van der Waals surface area contributed by atoms with Gasteiger partial charge in [-0.1, -0.05) is 61.7 Å². The third-order valence-electron chi connectivity index (χ3n) is 5.31. The maximum Gasteiger partial charge on any atom is 0.132 e. The number of benzene rings is 2. The first-order valence-electron chi connectivity index (χ1n) is 8.68. The molecule has 0 saturated carbocycles. The number of para-hydroxylation sites is 1. The molecule has 1 aliphatic carbocycles. The van der Waals surface area contributed by atoms with Crippen LogP contribution in [0.25, 0.3) is 0 Å². The van der Waals surface area contributed by atoms with Crippen molar-refractivity contribution in [3.05, 3.63) is 107 Å². The van der Waals surface area contributed by atoms with E-state index in [2.05, 4.69) is 75.6 Å². The quantitative estimate of drug-likeness (QED) is 0.620. The van der Waals surface area contributed by atoms with Gasteiger partial charge in [0.05, 0.1) is 5.41 Å². The Morgan fingerprint density at radius 2 is 1.84 bits per heavy atom. The van der Waals surface area contributed by atoms with Crippen LogP contribution >= 0.6 is 0 Å². The van der Waals surface area contributed by atoms with Crippen LogP contribution in [0.15, 0.2) is 90.6 Å². The average Bonchev–Trinajstić information content (AvgIpc) is 2.87. The molecule has 2 aromatic carbocycles. The highest BCUT2D eigenvalue weighted by Crippen LogP contribution is 2.59. The van der Waals surface area contributed by atoms with E-state index in [9.17, 15) is 0 Å². The van der Waals surface area contributed by atoms with Crippen LogP contribution in [0.2, 0.25) is 0 Å². The molecule has 1 aliphatic heterocycles. The summed E-state index contributed by atoms with van der Waals surface area (Å²) in [5.41, 5.74) is 6.90. The van der Waals surface area contributed by atoms with Crippen molar-refractivity contribution >= 4 is 0 Å². The Kier molecular flexibility index (Phi) is 3.54. The normalized spacial score (nSPS) is 21.4. The predicted molar refractivity (Wildman–Crippen MR) is 104 cm³/mol. The van der Waals surface area contributed by atoms with Crippen molar-refractivity contribution in [3.8, 4) is 11.5 Å². The predicted octanol–water partition coefficient (Wildman–Crippen LogP) is 6.41. The Balaban J connectivity index is 2.13. The minimum atomic E-state index is -0.259. The first-order valence-corrected chi connectivity index (χ1v) is 8.68. The summed E-state index contributed by atoms with van der Waals surface area (Å²) < 4.78 is 6.27. The van der Waals surface area contributed by atoms with Crippen molar-refractivity contribution in [1.82, 2.24) is 0 Å². The summed E-state index contributed by atoms with van der Waals surface area (Å²) in [5.74, 6) is 1.87. The van der Waals surface area contributed by atoms with Gasteiger partial charge in [-0.15, -0.1) is 0 Å². The molecule has 0 fully saturated rings. The van der Waals surface area contributed by atoms with E-state index in [0.29, 0.717) is 0 Å². The van der Waals surface area contributed by atoms with Gasteiger partial charge < -0.3 is 4.74 Å². The number of aryl methyl sites for hydroxylation is 1. The molecule has 0 aromatic heterocycles. The van der Waals surface area contributed by atoms with Gasteiger partial charge >= 0.3 is 0 Å². The van der Waals surface area contributed by atoms with Gasteiger partial charge in [-0.3, -0.25) is 0 Å². The van der Waals surface area contributed by atoms with E-state index >= 15 is 0 Å². The van der Waals surface area contributed by atoms with E-state index in [1.54, 1.807) is 0 Å². The van der Waals surface area contributed by atoms with Gasteiger partial charge in [0.1, 0.15) is 11.5 Å². The maximum absolute atomic E-state index is 6.27. The van der Waals surface area contributed by atoms with E-state index in [-0.39, 0.29) is 5.41 Å². The van der Waals surface area contributed by atoms with E-state index in [1.165, 1.54) is 22.3 Å². The van der Waals surface area contributed by atoms with E-state index in [0.717, 1.165) is 29.1 Å². The lowest BCUT2D eigenvalue weighted by molar-refractivity contribution is 0.420. The molecule has 1 spiro atoms. The zero-order valence-electron chi connectivity index (χ0n) is 14.8. The smallest absolute Gasteiger partial charge is 0.132 e. The Hall–Kier alpha value is -2.80. The summed E-state index contributed by atoms with van der Waals surface area (Å²) in [5, 5.41) is 0. The van der Waals surface area contributed by atoms with Crippen LogP contribution in [-0.2, 0) is 5.41 Å². The van der Waals surface area contributed by atoms with Crippen molar-refractivity contribution < 1.29 is 4.74 Å². The van der Waals surface area contributed by atoms with Crippen LogP contribution in [0.5, 0.6) is 11.5 Å². The van der Waals surface area contributed by atoms with Gasteiger partial charge in [0.2, 0.25) is 0 Å². The molecule has 1 nitrogen and oxygen atoms in total. The van der Waals surface area contributed by atoms with Crippen molar-refractivity contribution in [1.29, 1.82) is 0 Å². The molecule has 1 unspecified atom stereocenters. The standard InChI is InChI=1S/C24H22O/c1-5-9-19-18(6-2)17(4)15-24(19)20-10-7-8-11-22(20)25-23-14-16(3)12-13-21(23)24/h5-14H,2,4,15H2,1,3H3/b9-5-. The molecule has 0 saturated heterocycles. The summed E-state index contributed by atoms with van der Waals surface area (Å²) >= 11 is 0. The maximum atomic E-state index is 6.27. The molecule has 0 N–H and O–H groups in total. The molecule has 4 rings (SSSR count). The van der Waals surface area contributed by atoms with E-state index < -0.39 is 0 Å². The third kappa shape index (κ3) is 2.09. The molecule has 1 heterocycles. The fourth-order valence-corrected chi connectivity index (χ4v) is 4.30. The van der Waals surface area contributed by atoms with Crippen LogP contribution < -0.4 is 4.74 Å². The van der Waals surface area contributed by atoms with Crippen LogP contribution in [0.4, 0.5) is 0 Å². The number of fused-ring (bicyclic) bond motifs is 4. The Labute approximate surface area is 149 Å². The lowest BCUT2D eigenvalue weighted by atomic mass is 9.67. The number of ether oxygens (including phenoxy) is 1. The number of allylic oxidation sites excluding steroid dienone is 6. The second kappa shape index (κ2) is 5.63. The second-order valence-corrected chi connectivity index (χ2v) is 6.81. The zero-order valence-corrected chi connectivity index (χ0v) is 14.8. The largest absolute Gasteiger partial charge is 0.457 e. The zero-order chi connectivity index (χ0) is 17.6. The molecule has 0 bridgehead atoms. The minimum absolute atomic E-state index is 0.259. The van der Waals surface area contributed by atoms with Crippen LogP contribution in [-0.4, -0.2) is 0 Å². The molecule has 1 atom stereocenters. The molecule has 1 heteroatoms. The first-order chi connectivity index (χ1) is 12.1. The number of hydrogen-bond donors (Lipinski definition) is 0. The molecule has 0 radical (unpaired) electrons. The van der Waals surface area contributed by atoms with Gasteiger partial charge in [-0.05, 0) is 54.7 Å². The summed E-state index contributed by atoms with van der Waals surface area (Å²) in [7, 11) is 0. The average molecular weight is 326 g/mol. The van der Waals surface area contributed by atoms with Crippen LogP contribution in [0.1, 0.15) is 30.0 Å². The summed E-state index contributed by atoms with van der Waals surface area (Å²) in [6.45, 7) is 12.6. The molecular weight excluding hydrogens is 304 g/mol. The molecule has 25 heavy (non-hydrogen) atoms. The van der Waals surface area contributed by atoms with Gasteiger partial charge in [0, 0.05) is 11.1 Å². The van der Waals surface area contributed by atoms with Gasteiger partial charge in [0.15, 0.2) is 0 Å². The SMILES string of the molecule is C=CC1=C(/C=C\C)C2(CC1=C)c1ccccc1Oc1cc(C)ccc12. The topological polar surface area (TPSA) is 9.23 Å². The minimum Gasteiger partial charge on any atom is -0.457 e.